The molecule has 1 heterocycles. The first-order valence-electron chi connectivity index (χ1n) is 7.59. The van der Waals surface area contributed by atoms with Gasteiger partial charge < -0.3 is 10.1 Å². The van der Waals surface area contributed by atoms with Crippen molar-refractivity contribution >= 4 is 17.5 Å². The molecule has 0 fully saturated rings. The van der Waals surface area contributed by atoms with Crippen LogP contribution in [0.3, 0.4) is 0 Å². The number of esters is 1. The molecular weight excluding hydrogens is 316 g/mol. The zero-order valence-corrected chi connectivity index (χ0v) is 13.8. The zero-order chi connectivity index (χ0) is 17.7. The normalized spacial score (nSPS) is 11.2. The quantitative estimate of drug-likeness (QED) is 0.815. The fourth-order valence-electron chi connectivity index (χ4n) is 2.59. The first kappa shape index (κ1) is 17.8. The fraction of sp³-hybridized carbons (Fsp3) is 0.353. The maximum Gasteiger partial charge on any atom is 0.317 e. The van der Waals surface area contributed by atoms with E-state index in [1.165, 1.54) is 25.6 Å². The van der Waals surface area contributed by atoms with Gasteiger partial charge in [-0.3, -0.25) is 9.78 Å². The van der Waals surface area contributed by atoms with Gasteiger partial charge >= 0.3 is 5.97 Å². The smallest absolute Gasteiger partial charge is 0.317 e. The van der Waals surface area contributed by atoms with Gasteiger partial charge in [0.2, 0.25) is 0 Å². The first-order valence-corrected chi connectivity index (χ1v) is 7.59. The van der Waals surface area contributed by atoms with E-state index in [-0.39, 0.29) is 11.5 Å². The number of methoxy groups -OCH3 is 1. The summed E-state index contributed by atoms with van der Waals surface area (Å²) in [5, 5.41) is 2.75. The van der Waals surface area contributed by atoms with Crippen molar-refractivity contribution in [1.29, 1.82) is 0 Å². The Hall–Kier alpha value is -2.57. The molecule has 0 amide bonds. The summed E-state index contributed by atoms with van der Waals surface area (Å²) in [6.45, 7) is 3.73. The molecule has 0 aliphatic rings. The molecule has 0 radical (unpaired) electrons. The molecule has 1 aromatic heterocycles. The Labute approximate surface area is 139 Å². The summed E-state index contributed by atoms with van der Waals surface area (Å²) in [4.78, 5) is 20.7. The highest BCUT2D eigenvalue weighted by molar-refractivity contribution is 5.82. The number of hydrogen-bond donors (Lipinski definition) is 1. The number of halogens is 2. The molecule has 2 aromatic rings. The Kier molecular flexibility index (Phi) is 5.43. The van der Waals surface area contributed by atoms with Crippen LogP contribution in [0.1, 0.15) is 32.4 Å². The number of anilines is 2. The third kappa shape index (κ3) is 3.34. The summed E-state index contributed by atoms with van der Waals surface area (Å²) in [6.07, 6.45) is 3.87. The van der Waals surface area contributed by atoms with Crippen LogP contribution < -0.4 is 5.32 Å². The predicted molar refractivity (Wildman–Crippen MR) is 85.9 cm³/mol. The number of benzene rings is 1. The Bertz CT molecular complexity index is 734. The van der Waals surface area contributed by atoms with Crippen LogP contribution in [0, 0.1) is 11.6 Å². The number of carbonyl (C=O) groups is 1. The number of aromatic nitrogens is 2. The second-order valence-corrected chi connectivity index (χ2v) is 5.32. The van der Waals surface area contributed by atoms with Gasteiger partial charge in [0.1, 0.15) is 22.9 Å². The number of nitrogens with zero attached hydrogens (tertiary/aromatic N) is 2. The van der Waals surface area contributed by atoms with E-state index in [1.807, 2.05) is 13.8 Å². The first-order chi connectivity index (χ1) is 11.5. The molecule has 0 saturated carbocycles. The summed E-state index contributed by atoms with van der Waals surface area (Å²) in [5.41, 5.74) is -0.410. The highest BCUT2D eigenvalue weighted by Gasteiger charge is 2.40. The van der Waals surface area contributed by atoms with Crippen LogP contribution in [-0.4, -0.2) is 23.0 Å². The van der Waals surface area contributed by atoms with Crippen LogP contribution >= 0.6 is 0 Å². The van der Waals surface area contributed by atoms with Gasteiger partial charge in [0.25, 0.3) is 0 Å². The van der Waals surface area contributed by atoms with Gasteiger partial charge in [0, 0.05) is 12.3 Å². The van der Waals surface area contributed by atoms with Gasteiger partial charge in [-0.2, -0.15) is 0 Å². The second-order valence-electron chi connectivity index (χ2n) is 5.32. The minimum absolute atomic E-state index is 0.0690. The Balaban J connectivity index is 2.39. The van der Waals surface area contributed by atoms with Crippen molar-refractivity contribution in [2.75, 3.05) is 12.4 Å². The van der Waals surface area contributed by atoms with Crippen molar-refractivity contribution in [3.63, 3.8) is 0 Å². The fourth-order valence-corrected chi connectivity index (χ4v) is 2.59. The molecule has 128 valence electrons. The molecule has 1 N–H and O–H groups in total. The van der Waals surface area contributed by atoms with Gasteiger partial charge in [-0.15, -0.1) is 0 Å². The lowest BCUT2D eigenvalue weighted by molar-refractivity contribution is -0.148. The predicted octanol–water partition coefficient (Wildman–Crippen LogP) is 3.73. The van der Waals surface area contributed by atoms with Gasteiger partial charge in [0.15, 0.2) is 0 Å². The van der Waals surface area contributed by atoms with Gasteiger partial charge in [-0.05, 0) is 25.0 Å². The Morgan fingerprint density at radius 1 is 1.25 bits per heavy atom. The second kappa shape index (κ2) is 7.33. The Morgan fingerprint density at radius 2 is 1.96 bits per heavy atom. The topological polar surface area (TPSA) is 64.1 Å². The molecule has 0 aliphatic carbocycles. The summed E-state index contributed by atoms with van der Waals surface area (Å²) in [7, 11) is 1.33. The third-order valence-electron chi connectivity index (χ3n) is 4.10. The summed E-state index contributed by atoms with van der Waals surface area (Å²) < 4.78 is 31.7. The minimum Gasteiger partial charge on any atom is -0.468 e. The van der Waals surface area contributed by atoms with Crippen molar-refractivity contribution in [1.82, 2.24) is 9.97 Å². The third-order valence-corrected chi connectivity index (χ3v) is 4.10. The largest absolute Gasteiger partial charge is 0.468 e. The molecule has 0 atom stereocenters. The van der Waals surface area contributed by atoms with Crippen molar-refractivity contribution in [2.45, 2.75) is 32.1 Å². The standard InChI is InChI=1S/C17H19F2N3O2/c1-4-17(5-2,16(23)24-3)14-9-20-10-15(22-14)21-13-7-6-11(18)8-12(13)19/h6-10H,4-5H2,1-3H3,(H,21,22). The van der Waals surface area contributed by atoms with Crippen molar-refractivity contribution in [3.05, 3.63) is 47.9 Å². The molecule has 2 rings (SSSR count). The van der Waals surface area contributed by atoms with E-state index < -0.39 is 23.0 Å². The maximum absolute atomic E-state index is 13.8. The number of nitrogens with one attached hydrogen (secondary N) is 1. The van der Waals surface area contributed by atoms with Crippen LogP contribution in [0.15, 0.2) is 30.6 Å². The lowest BCUT2D eigenvalue weighted by Crippen LogP contribution is -2.37. The van der Waals surface area contributed by atoms with Crippen LogP contribution in [0.25, 0.3) is 0 Å². The summed E-state index contributed by atoms with van der Waals surface area (Å²) in [5.74, 6) is -1.55. The molecule has 24 heavy (non-hydrogen) atoms. The molecule has 5 nitrogen and oxygen atoms in total. The molecule has 0 saturated heterocycles. The van der Waals surface area contributed by atoms with E-state index in [2.05, 4.69) is 15.3 Å². The average molecular weight is 335 g/mol. The van der Waals surface area contributed by atoms with E-state index in [1.54, 1.807) is 0 Å². The monoisotopic (exact) mass is 335 g/mol. The number of hydrogen-bond acceptors (Lipinski definition) is 5. The van der Waals surface area contributed by atoms with E-state index in [0.717, 1.165) is 12.1 Å². The maximum atomic E-state index is 13.8. The van der Waals surface area contributed by atoms with E-state index in [9.17, 15) is 13.6 Å². The lowest BCUT2D eigenvalue weighted by Gasteiger charge is -2.27. The van der Waals surface area contributed by atoms with Crippen LogP contribution in [0.2, 0.25) is 0 Å². The van der Waals surface area contributed by atoms with Crippen LogP contribution in [0.5, 0.6) is 0 Å². The van der Waals surface area contributed by atoms with Crippen LogP contribution in [-0.2, 0) is 14.9 Å². The van der Waals surface area contributed by atoms with E-state index >= 15 is 0 Å². The molecule has 0 bridgehead atoms. The molecule has 0 unspecified atom stereocenters. The average Bonchev–Trinajstić information content (AvgIpc) is 2.59. The highest BCUT2D eigenvalue weighted by atomic mass is 19.1. The van der Waals surface area contributed by atoms with Crippen molar-refractivity contribution < 1.29 is 18.3 Å². The van der Waals surface area contributed by atoms with Crippen molar-refractivity contribution in [3.8, 4) is 0 Å². The van der Waals surface area contributed by atoms with Gasteiger partial charge in [-0.1, -0.05) is 13.8 Å². The van der Waals surface area contributed by atoms with E-state index in [4.69, 9.17) is 4.74 Å². The SMILES string of the molecule is CCC(CC)(C(=O)OC)c1cncc(Nc2ccc(F)cc2F)n1. The van der Waals surface area contributed by atoms with Gasteiger partial charge in [0.05, 0.1) is 24.7 Å². The van der Waals surface area contributed by atoms with E-state index in [0.29, 0.717) is 18.5 Å². The number of ether oxygens (including phenoxy) is 1. The minimum atomic E-state index is -0.916. The highest BCUT2D eigenvalue weighted by Crippen LogP contribution is 2.32. The zero-order valence-electron chi connectivity index (χ0n) is 13.8. The lowest BCUT2D eigenvalue weighted by atomic mass is 9.79. The summed E-state index contributed by atoms with van der Waals surface area (Å²) >= 11 is 0. The Morgan fingerprint density at radius 3 is 2.54 bits per heavy atom. The number of rotatable bonds is 6. The molecular formula is C17H19F2N3O2. The van der Waals surface area contributed by atoms with Crippen LogP contribution in [0.4, 0.5) is 20.3 Å². The molecule has 0 aliphatic heterocycles. The number of carbonyl (C=O) groups excluding carboxylic acids is 1. The van der Waals surface area contributed by atoms with Gasteiger partial charge in [-0.25, -0.2) is 13.8 Å². The summed E-state index contributed by atoms with van der Waals surface area (Å²) in [6, 6.07) is 3.18. The molecule has 7 heteroatoms. The molecule has 0 spiro atoms. The molecule has 1 aromatic carbocycles. The van der Waals surface area contributed by atoms with Crippen molar-refractivity contribution in [2.24, 2.45) is 0 Å².